The van der Waals surface area contributed by atoms with Crippen LogP contribution in [0.4, 0.5) is 8.78 Å². The highest BCUT2D eigenvalue weighted by molar-refractivity contribution is 5.69. The normalized spacial score (nSPS) is 10.9. The number of carboxylic acid groups (broad SMARTS) is 1. The maximum atomic E-state index is 12.2. The number of rotatable bonds is 7. The molecule has 18 heavy (non-hydrogen) atoms. The molecule has 0 aromatic heterocycles. The van der Waals surface area contributed by atoms with E-state index in [-0.39, 0.29) is 18.8 Å². The number of halogens is 2. The van der Waals surface area contributed by atoms with E-state index in [1.54, 1.807) is 30.0 Å². The van der Waals surface area contributed by atoms with Crippen LogP contribution in [0.3, 0.4) is 0 Å². The summed E-state index contributed by atoms with van der Waals surface area (Å²) in [5.41, 5.74) is 0.543. The van der Waals surface area contributed by atoms with E-state index in [1.807, 2.05) is 0 Å². The summed E-state index contributed by atoms with van der Waals surface area (Å²) in [6.07, 6.45) is 0. The molecule has 0 spiro atoms. The van der Waals surface area contributed by atoms with E-state index < -0.39 is 12.6 Å². The second-order valence-corrected chi connectivity index (χ2v) is 3.68. The number of ether oxygens (including phenoxy) is 1. The molecule has 4 nitrogen and oxygen atoms in total. The van der Waals surface area contributed by atoms with Crippen LogP contribution in [0.15, 0.2) is 24.3 Å². The summed E-state index contributed by atoms with van der Waals surface area (Å²) >= 11 is 0. The van der Waals surface area contributed by atoms with Gasteiger partial charge in [-0.15, -0.1) is 0 Å². The van der Waals surface area contributed by atoms with Crippen molar-refractivity contribution in [3.8, 4) is 5.75 Å². The first kappa shape index (κ1) is 14.4. The Labute approximate surface area is 104 Å². The minimum atomic E-state index is -2.89. The van der Waals surface area contributed by atoms with Crippen molar-refractivity contribution in [2.45, 2.75) is 20.1 Å². The standard InChI is InChI=1S/C12H15F2NO3/c1-2-15(8-11(16)17)7-9-5-3-4-6-10(9)18-12(13)14/h3-6,12H,2,7-8H2,1H3,(H,16,17). The number of carbonyl (C=O) groups is 1. The Morgan fingerprint density at radius 1 is 1.44 bits per heavy atom. The number of carboxylic acids is 1. The Bertz CT molecular complexity index is 399. The Morgan fingerprint density at radius 3 is 2.67 bits per heavy atom. The van der Waals surface area contributed by atoms with Crippen molar-refractivity contribution < 1.29 is 23.4 Å². The maximum Gasteiger partial charge on any atom is 0.387 e. The molecule has 0 radical (unpaired) electrons. The van der Waals surface area contributed by atoms with Crippen molar-refractivity contribution in [1.82, 2.24) is 4.90 Å². The molecular weight excluding hydrogens is 244 g/mol. The van der Waals surface area contributed by atoms with Crippen LogP contribution in [0.25, 0.3) is 0 Å². The minimum absolute atomic E-state index is 0.0799. The second-order valence-electron chi connectivity index (χ2n) is 3.68. The zero-order chi connectivity index (χ0) is 13.5. The number of hydrogen-bond donors (Lipinski definition) is 1. The van der Waals surface area contributed by atoms with Crippen LogP contribution in [0.5, 0.6) is 5.75 Å². The third-order valence-electron chi connectivity index (χ3n) is 2.39. The highest BCUT2D eigenvalue weighted by atomic mass is 19.3. The summed E-state index contributed by atoms with van der Waals surface area (Å²) in [4.78, 5) is 12.2. The van der Waals surface area contributed by atoms with Crippen LogP contribution >= 0.6 is 0 Å². The van der Waals surface area contributed by atoms with E-state index in [0.29, 0.717) is 12.1 Å². The lowest BCUT2D eigenvalue weighted by Gasteiger charge is -2.19. The summed E-state index contributed by atoms with van der Waals surface area (Å²) in [6.45, 7) is -0.458. The molecule has 0 atom stereocenters. The van der Waals surface area contributed by atoms with Crippen LogP contribution in [0.1, 0.15) is 12.5 Å². The fourth-order valence-corrected chi connectivity index (χ4v) is 1.56. The summed E-state index contributed by atoms with van der Waals surface area (Å²) in [6, 6.07) is 6.37. The molecule has 1 aromatic rings. The molecule has 0 aliphatic heterocycles. The fraction of sp³-hybridized carbons (Fsp3) is 0.417. The van der Waals surface area contributed by atoms with Gasteiger partial charge in [-0.3, -0.25) is 9.69 Å². The first-order chi connectivity index (χ1) is 8.52. The Morgan fingerprint density at radius 2 is 2.11 bits per heavy atom. The number of likely N-dealkylation sites (N-methyl/N-ethyl adjacent to an activating group) is 1. The maximum absolute atomic E-state index is 12.2. The number of benzene rings is 1. The van der Waals surface area contributed by atoms with E-state index in [1.165, 1.54) is 6.07 Å². The number of nitrogens with zero attached hydrogens (tertiary/aromatic N) is 1. The molecule has 1 aromatic carbocycles. The topological polar surface area (TPSA) is 49.8 Å². The molecule has 0 fully saturated rings. The molecule has 0 saturated carbocycles. The third kappa shape index (κ3) is 4.67. The van der Waals surface area contributed by atoms with Crippen molar-refractivity contribution in [2.24, 2.45) is 0 Å². The second kappa shape index (κ2) is 6.90. The molecule has 0 bridgehead atoms. The monoisotopic (exact) mass is 259 g/mol. The average molecular weight is 259 g/mol. The molecule has 0 aliphatic rings. The minimum Gasteiger partial charge on any atom is -0.480 e. The SMILES string of the molecule is CCN(CC(=O)O)Cc1ccccc1OC(F)F. The molecule has 1 rings (SSSR count). The van der Waals surface area contributed by atoms with Gasteiger partial charge in [0.25, 0.3) is 0 Å². The van der Waals surface area contributed by atoms with Gasteiger partial charge in [-0.1, -0.05) is 25.1 Å². The van der Waals surface area contributed by atoms with Gasteiger partial charge in [-0.2, -0.15) is 8.78 Å². The Balaban J connectivity index is 2.78. The van der Waals surface area contributed by atoms with Crippen molar-refractivity contribution in [1.29, 1.82) is 0 Å². The van der Waals surface area contributed by atoms with Crippen LogP contribution < -0.4 is 4.74 Å². The molecule has 6 heteroatoms. The first-order valence-corrected chi connectivity index (χ1v) is 5.49. The number of hydrogen-bond acceptors (Lipinski definition) is 3. The summed E-state index contributed by atoms with van der Waals surface area (Å²) in [5.74, 6) is -0.875. The van der Waals surface area contributed by atoms with Crippen LogP contribution in [-0.4, -0.2) is 35.7 Å². The third-order valence-corrected chi connectivity index (χ3v) is 2.39. The van der Waals surface area contributed by atoms with E-state index in [4.69, 9.17) is 5.11 Å². The van der Waals surface area contributed by atoms with Gasteiger partial charge in [0.2, 0.25) is 0 Å². The zero-order valence-electron chi connectivity index (χ0n) is 9.97. The molecule has 0 saturated heterocycles. The lowest BCUT2D eigenvalue weighted by atomic mass is 10.2. The van der Waals surface area contributed by atoms with E-state index in [0.717, 1.165) is 0 Å². The van der Waals surface area contributed by atoms with Crippen molar-refractivity contribution in [2.75, 3.05) is 13.1 Å². The summed E-state index contributed by atoms with van der Waals surface area (Å²) in [7, 11) is 0. The largest absolute Gasteiger partial charge is 0.480 e. The fourth-order valence-electron chi connectivity index (χ4n) is 1.56. The molecule has 0 amide bonds. The Hall–Kier alpha value is -1.69. The quantitative estimate of drug-likeness (QED) is 0.815. The van der Waals surface area contributed by atoms with Crippen LogP contribution in [0, 0.1) is 0 Å². The average Bonchev–Trinajstić information content (AvgIpc) is 2.29. The molecule has 1 N–H and O–H groups in total. The van der Waals surface area contributed by atoms with Crippen LogP contribution in [-0.2, 0) is 11.3 Å². The van der Waals surface area contributed by atoms with Crippen LogP contribution in [0.2, 0.25) is 0 Å². The first-order valence-electron chi connectivity index (χ1n) is 5.49. The predicted molar refractivity (Wildman–Crippen MR) is 61.7 cm³/mol. The summed E-state index contributed by atoms with van der Waals surface area (Å²) in [5, 5.41) is 8.71. The number of para-hydroxylation sites is 1. The molecule has 100 valence electrons. The molecule has 0 unspecified atom stereocenters. The predicted octanol–water partition coefficient (Wildman–Crippen LogP) is 2.19. The van der Waals surface area contributed by atoms with Crippen molar-refractivity contribution >= 4 is 5.97 Å². The van der Waals surface area contributed by atoms with Gasteiger partial charge >= 0.3 is 12.6 Å². The van der Waals surface area contributed by atoms with Gasteiger partial charge in [-0.25, -0.2) is 0 Å². The molecular formula is C12H15F2NO3. The summed E-state index contributed by atoms with van der Waals surface area (Å²) < 4.78 is 28.8. The van der Waals surface area contributed by atoms with Gasteiger partial charge < -0.3 is 9.84 Å². The Kier molecular flexibility index (Phi) is 5.51. The van der Waals surface area contributed by atoms with Gasteiger partial charge in [0.1, 0.15) is 5.75 Å². The van der Waals surface area contributed by atoms with Gasteiger partial charge in [0.05, 0.1) is 6.54 Å². The number of alkyl halides is 2. The van der Waals surface area contributed by atoms with E-state index in [2.05, 4.69) is 4.74 Å². The van der Waals surface area contributed by atoms with Crippen molar-refractivity contribution in [3.05, 3.63) is 29.8 Å². The molecule has 0 heterocycles. The number of aliphatic carboxylic acids is 1. The smallest absolute Gasteiger partial charge is 0.387 e. The van der Waals surface area contributed by atoms with Crippen molar-refractivity contribution in [3.63, 3.8) is 0 Å². The van der Waals surface area contributed by atoms with E-state index >= 15 is 0 Å². The molecule has 0 aliphatic carbocycles. The zero-order valence-corrected chi connectivity index (χ0v) is 9.97. The van der Waals surface area contributed by atoms with Gasteiger partial charge in [0.15, 0.2) is 0 Å². The highest BCUT2D eigenvalue weighted by Gasteiger charge is 2.13. The highest BCUT2D eigenvalue weighted by Crippen LogP contribution is 2.21. The van der Waals surface area contributed by atoms with Gasteiger partial charge in [0, 0.05) is 12.1 Å². The van der Waals surface area contributed by atoms with Gasteiger partial charge in [-0.05, 0) is 12.6 Å². The van der Waals surface area contributed by atoms with E-state index in [9.17, 15) is 13.6 Å². The lowest BCUT2D eigenvalue weighted by Crippen LogP contribution is -2.29. The lowest BCUT2D eigenvalue weighted by molar-refractivity contribution is -0.138.